The van der Waals surface area contributed by atoms with Gasteiger partial charge in [0, 0.05) is 6.07 Å². The highest BCUT2D eigenvalue weighted by Gasteiger charge is 2.09. The molecule has 1 aromatic heterocycles. The fourth-order valence-corrected chi connectivity index (χ4v) is 1.65. The number of carbonyl (C=O) groups excluding carboxylic acids is 1. The second-order valence-corrected chi connectivity index (χ2v) is 4.45. The summed E-state index contributed by atoms with van der Waals surface area (Å²) in [5, 5.41) is 6.27. The molecule has 0 saturated heterocycles. The lowest BCUT2D eigenvalue weighted by Gasteiger charge is -2.11. The Morgan fingerprint density at radius 1 is 1.29 bits per heavy atom. The van der Waals surface area contributed by atoms with Crippen molar-refractivity contribution in [3.05, 3.63) is 36.1 Å². The first-order valence-electron chi connectivity index (χ1n) is 6.77. The highest BCUT2D eigenvalue weighted by Crippen LogP contribution is 2.26. The van der Waals surface area contributed by atoms with Crippen LogP contribution < -0.4 is 14.8 Å². The Bertz CT molecular complexity index is 595. The standard InChI is InChI=1S/C15H18N2O4/c1-3-8-19-12-6-4-5-7-13(12)20-10-15(18)16-14-9-11(2)21-17-14/h4-7,9H,3,8,10H2,1-2H3,(H,16,17,18). The van der Waals surface area contributed by atoms with Gasteiger partial charge in [0.05, 0.1) is 6.61 Å². The Balaban J connectivity index is 1.88. The monoisotopic (exact) mass is 290 g/mol. The van der Waals surface area contributed by atoms with Crippen LogP contribution in [0.15, 0.2) is 34.9 Å². The number of benzene rings is 1. The number of amides is 1. The summed E-state index contributed by atoms with van der Waals surface area (Å²) in [6, 6.07) is 8.89. The Labute approximate surface area is 123 Å². The molecule has 1 aromatic carbocycles. The van der Waals surface area contributed by atoms with Gasteiger partial charge in [-0.2, -0.15) is 0 Å². The largest absolute Gasteiger partial charge is 0.490 e. The molecule has 0 aliphatic heterocycles. The predicted octanol–water partition coefficient (Wildman–Crippen LogP) is 2.79. The normalized spacial score (nSPS) is 10.2. The van der Waals surface area contributed by atoms with Crippen LogP contribution in [-0.4, -0.2) is 24.3 Å². The quantitative estimate of drug-likeness (QED) is 0.848. The number of nitrogens with one attached hydrogen (secondary N) is 1. The Morgan fingerprint density at radius 2 is 2.00 bits per heavy atom. The van der Waals surface area contributed by atoms with E-state index in [1.807, 2.05) is 25.1 Å². The Morgan fingerprint density at radius 3 is 2.62 bits per heavy atom. The molecule has 0 spiro atoms. The number of para-hydroxylation sites is 2. The van der Waals surface area contributed by atoms with Gasteiger partial charge in [-0.15, -0.1) is 0 Å². The van der Waals surface area contributed by atoms with E-state index in [2.05, 4.69) is 10.5 Å². The minimum atomic E-state index is -0.311. The maximum absolute atomic E-state index is 11.8. The highest BCUT2D eigenvalue weighted by molar-refractivity contribution is 5.90. The number of nitrogens with zero attached hydrogens (tertiary/aromatic N) is 1. The minimum absolute atomic E-state index is 0.127. The van der Waals surface area contributed by atoms with Gasteiger partial charge in [-0.05, 0) is 25.5 Å². The van der Waals surface area contributed by atoms with Gasteiger partial charge < -0.3 is 19.3 Å². The van der Waals surface area contributed by atoms with Gasteiger partial charge >= 0.3 is 0 Å². The predicted molar refractivity (Wildman–Crippen MR) is 77.6 cm³/mol. The summed E-state index contributed by atoms with van der Waals surface area (Å²) in [5.41, 5.74) is 0. The third kappa shape index (κ3) is 4.52. The Hall–Kier alpha value is -2.50. The van der Waals surface area contributed by atoms with E-state index < -0.39 is 0 Å². The molecule has 0 saturated carbocycles. The van der Waals surface area contributed by atoms with Crippen LogP contribution in [0.4, 0.5) is 5.82 Å². The molecule has 0 unspecified atom stereocenters. The van der Waals surface area contributed by atoms with Crippen LogP contribution in [0, 0.1) is 6.92 Å². The first-order chi connectivity index (χ1) is 10.2. The maximum atomic E-state index is 11.8. The lowest BCUT2D eigenvalue weighted by molar-refractivity contribution is -0.118. The van der Waals surface area contributed by atoms with Crippen LogP contribution in [0.3, 0.4) is 0 Å². The van der Waals surface area contributed by atoms with Gasteiger partial charge in [0.2, 0.25) is 0 Å². The van der Waals surface area contributed by atoms with E-state index >= 15 is 0 Å². The van der Waals surface area contributed by atoms with Crippen molar-refractivity contribution in [1.29, 1.82) is 0 Å². The molecule has 6 heteroatoms. The van der Waals surface area contributed by atoms with E-state index in [1.165, 1.54) is 0 Å². The molecule has 1 heterocycles. The number of hydrogen-bond donors (Lipinski definition) is 1. The van der Waals surface area contributed by atoms with E-state index in [9.17, 15) is 4.79 Å². The molecule has 1 N–H and O–H groups in total. The number of aromatic nitrogens is 1. The van der Waals surface area contributed by atoms with E-state index in [1.54, 1.807) is 19.1 Å². The first-order valence-corrected chi connectivity index (χ1v) is 6.77. The van der Waals surface area contributed by atoms with Crippen molar-refractivity contribution in [2.24, 2.45) is 0 Å². The molecule has 0 aliphatic rings. The second kappa shape index (κ2) is 7.33. The maximum Gasteiger partial charge on any atom is 0.263 e. The van der Waals surface area contributed by atoms with Crippen LogP contribution in [-0.2, 0) is 4.79 Å². The number of anilines is 1. The SMILES string of the molecule is CCCOc1ccccc1OCC(=O)Nc1cc(C)on1. The number of rotatable bonds is 7. The molecule has 1 amide bonds. The lowest BCUT2D eigenvalue weighted by atomic mass is 10.3. The molecule has 0 fully saturated rings. The molecule has 0 aliphatic carbocycles. The Kier molecular flexibility index (Phi) is 5.20. The summed E-state index contributed by atoms with van der Waals surface area (Å²) in [5.74, 6) is 1.86. The zero-order chi connectivity index (χ0) is 15.1. The van der Waals surface area contributed by atoms with Gasteiger partial charge in [0.15, 0.2) is 23.9 Å². The minimum Gasteiger partial charge on any atom is -0.490 e. The topological polar surface area (TPSA) is 73.6 Å². The van der Waals surface area contributed by atoms with Gasteiger partial charge in [-0.3, -0.25) is 4.79 Å². The van der Waals surface area contributed by atoms with Crippen LogP contribution in [0.5, 0.6) is 11.5 Å². The highest BCUT2D eigenvalue weighted by atomic mass is 16.5. The molecular formula is C15H18N2O4. The van der Waals surface area contributed by atoms with Crippen molar-refractivity contribution >= 4 is 11.7 Å². The summed E-state index contributed by atoms with van der Waals surface area (Å²) in [6.07, 6.45) is 0.903. The van der Waals surface area contributed by atoms with Crippen LogP contribution in [0.1, 0.15) is 19.1 Å². The summed E-state index contributed by atoms with van der Waals surface area (Å²) >= 11 is 0. The molecule has 2 aromatic rings. The van der Waals surface area contributed by atoms with Gasteiger partial charge in [0.1, 0.15) is 5.76 Å². The second-order valence-electron chi connectivity index (χ2n) is 4.45. The summed E-state index contributed by atoms with van der Waals surface area (Å²) in [7, 11) is 0. The van der Waals surface area contributed by atoms with Gasteiger partial charge in [-0.1, -0.05) is 24.2 Å². The smallest absolute Gasteiger partial charge is 0.263 e. The number of aryl methyl sites for hydroxylation is 1. The van der Waals surface area contributed by atoms with Crippen LogP contribution >= 0.6 is 0 Å². The fourth-order valence-electron chi connectivity index (χ4n) is 1.65. The molecule has 0 bridgehead atoms. The first kappa shape index (κ1) is 14.9. The summed E-state index contributed by atoms with van der Waals surface area (Å²) in [4.78, 5) is 11.8. The van der Waals surface area contributed by atoms with Gasteiger partial charge in [-0.25, -0.2) is 0 Å². The zero-order valence-corrected chi connectivity index (χ0v) is 12.1. The van der Waals surface area contributed by atoms with Crippen molar-refractivity contribution in [3.8, 4) is 11.5 Å². The van der Waals surface area contributed by atoms with Crippen molar-refractivity contribution in [3.63, 3.8) is 0 Å². The molecular weight excluding hydrogens is 272 g/mol. The van der Waals surface area contributed by atoms with Crippen LogP contribution in [0.25, 0.3) is 0 Å². The zero-order valence-electron chi connectivity index (χ0n) is 12.1. The average molecular weight is 290 g/mol. The molecule has 0 atom stereocenters. The van der Waals surface area contributed by atoms with E-state index in [0.717, 1.165) is 6.42 Å². The third-order valence-electron chi connectivity index (χ3n) is 2.57. The van der Waals surface area contributed by atoms with Crippen LogP contribution in [0.2, 0.25) is 0 Å². The fraction of sp³-hybridized carbons (Fsp3) is 0.333. The third-order valence-corrected chi connectivity index (χ3v) is 2.57. The van der Waals surface area contributed by atoms with E-state index in [4.69, 9.17) is 14.0 Å². The molecule has 112 valence electrons. The van der Waals surface area contributed by atoms with Crippen molar-refractivity contribution in [2.45, 2.75) is 20.3 Å². The molecule has 2 rings (SSSR count). The number of ether oxygens (including phenoxy) is 2. The lowest BCUT2D eigenvalue weighted by Crippen LogP contribution is -2.20. The molecule has 0 radical (unpaired) electrons. The van der Waals surface area contributed by atoms with E-state index in [0.29, 0.717) is 29.7 Å². The summed E-state index contributed by atoms with van der Waals surface area (Å²) in [6.45, 7) is 4.25. The van der Waals surface area contributed by atoms with Crippen molar-refractivity contribution in [1.82, 2.24) is 5.16 Å². The summed E-state index contributed by atoms with van der Waals surface area (Å²) < 4.78 is 15.9. The molecule has 6 nitrogen and oxygen atoms in total. The van der Waals surface area contributed by atoms with E-state index in [-0.39, 0.29) is 12.5 Å². The van der Waals surface area contributed by atoms with Crippen molar-refractivity contribution < 1.29 is 18.8 Å². The van der Waals surface area contributed by atoms with Gasteiger partial charge in [0.25, 0.3) is 5.91 Å². The average Bonchev–Trinajstić information content (AvgIpc) is 2.89. The van der Waals surface area contributed by atoms with Crippen molar-refractivity contribution in [2.75, 3.05) is 18.5 Å². The molecule has 21 heavy (non-hydrogen) atoms. The number of hydrogen-bond acceptors (Lipinski definition) is 5. The number of carbonyl (C=O) groups is 1.